The Hall–Kier alpha value is -1.66. The number of ether oxygens (including phenoxy) is 1. The molecule has 0 rings (SSSR count). The van der Waals surface area contributed by atoms with Crippen molar-refractivity contribution in [2.24, 2.45) is 0 Å². The highest BCUT2D eigenvalue weighted by molar-refractivity contribution is 5.77. The number of hydrogen-bond donors (Lipinski definition) is 3. The summed E-state index contributed by atoms with van der Waals surface area (Å²) in [6.45, 7) is 6.39. The van der Waals surface area contributed by atoms with Gasteiger partial charge in [0.25, 0.3) is 0 Å². The Kier molecular flexibility index (Phi) is 41.2. The Bertz CT molecular complexity index is 858. The van der Waals surface area contributed by atoms with Crippen molar-refractivity contribution in [3.63, 3.8) is 0 Å². The Balaban J connectivity index is 4.43. The van der Waals surface area contributed by atoms with Crippen LogP contribution in [0.5, 0.6) is 0 Å². The van der Waals surface area contributed by atoms with Gasteiger partial charge in [-0.3, -0.25) is 9.59 Å². The number of hydrogen-bond acceptors (Lipinski definition) is 5. The molecule has 0 radical (unpaired) electrons. The predicted molar refractivity (Wildman–Crippen MR) is 232 cm³/mol. The Morgan fingerprint density at radius 2 is 0.926 bits per heavy atom. The summed E-state index contributed by atoms with van der Waals surface area (Å²) in [4.78, 5) is 25.9. The molecule has 0 aliphatic heterocycles. The standard InChI is InChI=1S/C48H91NO5/c1-4-7-10-13-16-19-21-22-23-24-25-26-27-29-32-35-38-41-48(53)54-44(39-36-33-30-18-15-12-9-6-3)42-47(52)49-45(43-50)46(51)40-37-34-31-28-20-17-14-11-8-5-2/h12,15,22-23,44-46,50-51H,4-11,13-14,16-21,24-43H2,1-3H3,(H,49,52)/b15-12-,23-22+. The summed E-state index contributed by atoms with van der Waals surface area (Å²) in [5.41, 5.74) is 0. The van der Waals surface area contributed by atoms with Crippen LogP contribution >= 0.6 is 0 Å². The minimum atomic E-state index is -0.786. The zero-order valence-corrected chi connectivity index (χ0v) is 36.1. The maximum Gasteiger partial charge on any atom is 0.306 e. The minimum absolute atomic E-state index is 0.0673. The molecule has 54 heavy (non-hydrogen) atoms. The van der Waals surface area contributed by atoms with Crippen molar-refractivity contribution in [3.05, 3.63) is 24.3 Å². The second-order valence-electron chi connectivity index (χ2n) is 16.2. The van der Waals surface area contributed by atoms with Gasteiger partial charge in [-0.15, -0.1) is 0 Å². The Morgan fingerprint density at radius 1 is 0.519 bits per heavy atom. The molecule has 0 aromatic heterocycles. The van der Waals surface area contributed by atoms with Crippen LogP contribution in [0.1, 0.15) is 245 Å². The second kappa shape index (κ2) is 42.5. The van der Waals surface area contributed by atoms with Gasteiger partial charge in [0.05, 0.1) is 25.2 Å². The van der Waals surface area contributed by atoms with Crippen LogP contribution in [0.25, 0.3) is 0 Å². The smallest absolute Gasteiger partial charge is 0.306 e. The fraction of sp³-hybridized carbons (Fsp3) is 0.875. The summed E-state index contributed by atoms with van der Waals surface area (Å²) < 4.78 is 5.88. The summed E-state index contributed by atoms with van der Waals surface area (Å²) >= 11 is 0. The summed E-state index contributed by atoms with van der Waals surface area (Å²) in [7, 11) is 0. The molecule has 0 saturated carbocycles. The molecular weight excluding hydrogens is 671 g/mol. The first kappa shape index (κ1) is 52.3. The molecule has 6 nitrogen and oxygen atoms in total. The third-order valence-electron chi connectivity index (χ3n) is 10.7. The van der Waals surface area contributed by atoms with Crippen LogP contribution in [0.2, 0.25) is 0 Å². The van der Waals surface area contributed by atoms with Crippen molar-refractivity contribution in [1.82, 2.24) is 5.32 Å². The van der Waals surface area contributed by atoms with Crippen molar-refractivity contribution in [2.75, 3.05) is 6.61 Å². The number of esters is 1. The molecule has 0 aliphatic carbocycles. The van der Waals surface area contributed by atoms with E-state index in [2.05, 4.69) is 50.4 Å². The number of carbonyl (C=O) groups excluding carboxylic acids is 2. The van der Waals surface area contributed by atoms with E-state index in [0.717, 1.165) is 77.0 Å². The highest BCUT2D eigenvalue weighted by Crippen LogP contribution is 2.17. The van der Waals surface area contributed by atoms with E-state index >= 15 is 0 Å². The average Bonchev–Trinajstić information content (AvgIpc) is 3.16. The van der Waals surface area contributed by atoms with Gasteiger partial charge in [-0.25, -0.2) is 0 Å². The number of rotatable bonds is 42. The fourth-order valence-electron chi connectivity index (χ4n) is 7.13. The molecule has 0 spiro atoms. The van der Waals surface area contributed by atoms with Gasteiger partial charge < -0.3 is 20.3 Å². The monoisotopic (exact) mass is 762 g/mol. The lowest BCUT2D eigenvalue weighted by Crippen LogP contribution is -2.46. The fourth-order valence-corrected chi connectivity index (χ4v) is 7.13. The number of aliphatic hydroxyl groups is 2. The van der Waals surface area contributed by atoms with Crippen molar-refractivity contribution < 1.29 is 24.5 Å². The third-order valence-corrected chi connectivity index (χ3v) is 10.7. The number of carbonyl (C=O) groups is 2. The molecule has 6 heteroatoms. The first-order valence-corrected chi connectivity index (χ1v) is 23.6. The second-order valence-corrected chi connectivity index (χ2v) is 16.2. The zero-order valence-electron chi connectivity index (χ0n) is 36.1. The van der Waals surface area contributed by atoms with Gasteiger partial charge in [-0.2, -0.15) is 0 Å². The Labute approximate surface area is 335 Å². The molecule has 318 valence electrons. The summed E-state index contributed by atoms with van der Waals surface area (Å²) in [5, 5.41) is 23.6. The summed E-state index contributed by atoms with van der Waals surface area (Å²) in [6.07, 6.45) is 46.8. The molecule has 0 aliphatic rings. The molecule has 3 N–H and O–H groups in total. The number of nitrogens with one attached hydrogen (secondary N) is 1. The molecule has 3 unspecified atom stereocenters. The van der Waals surface area contributed by atoms with Gasteiger partial charge in [-0.05, 0) is 70.6 Å². The van der Waals surface area contributed by atoms with Crippen molar-refractivity contribution in [1.29, 1.82) is 0 Å². The van der Waals surface area contributed by atoms with E-state index in [1.807, 2.05) is 0 Å². The largest absolute Gasteiger partial charge is 0.462 e. The molecular formula is C48H91NO5. The number of amides is 1. The maximum absolute atomic E-state index is 13.1. The lowest BCUT2D eigenvalue weighted by Gasteiger charge is -2.24. The van der Waals surface area contributed by atoms with Crippen molar-refractivity contribution >= 4 is 11.9 Å². The van der Waals surface area contributed by atoms with Gasteiger partial charge >= 0.3 is 5.97 Å². The highest BCUT2D eigenvalue weighted by Gasteiger charge is 2.24. The molecule has 0 aromatic carbocycles. The van der Waals surface area contributed by atoms with Gasteiger partial charge in [0.1, 0.15) is 6.10 Å². The molecule has 0 fully saturated rings. The normalized spacial score (nSPS) is 13.5. The topological polar surface area (TPSA) is 95.9 Å². The van der Waals surface area contributed by atoms with Crippen molar-refractivity contribution in [3.8, 4) is 0 Å². The molecule has 0 heterocycles. The van der Waals surface area contributed by atoms with E-state index in [1.54, 1.807) is 0 Å². The summed E-state index contributed by atoms with van der Waals surface area (Å²) in [5.74, 6) is -0.493. The summed E-state index contributed by atoms with van der Waals surface area (Å²) in [6, 6.07) is -0.700. The first-order chi connectivity index (χ1) is 26.5. The zero-order chi connectivity index (χ0) is 39.6. The minimum Gasteiger partial charge on any atom is -0.462 e. The average molecular weight is 762 g/mol. The molecule has 0 saturated heterocycles. The van der Waals surface area contributed by atoms with Crippen LogP contribution in [-0.4, -0.2) is 46.9 Å². The van der Waals surface area contributed by atoms with Crippen LogP contribution in [0.15, 0.2) is 24.3 Å². The van der Waals surface area contributed by atoms with Crippen LogP contribution in [0, 0.1) is 0 Å². The number of allylic oxidation sites excluding steroid dienone is 4. The third kappa shape index (κ3) is 37.3. The first-order valence-electron chi connectivity index (χ1n) is 23.6. The van der Waals surface area contributed by atoms with Crippen LogP contribution in [0.4, 0.5) is 0 Å². The van der Waals surface area contributed by atoms with Gasteiger partial charge in [0.2, 0.25) is 5.91 Å². The molecule has 0 bridgehead atoms. The van der Waals surface area contributed by atoms with E-state index in [0.29, 0.717) is 19.3 Å². The quantitative estimate of drug-likeness (QED) is 0.0327. The predicted octanol–water partition coefficient (Wildman–Crippen LogP) is 13.6. The number of aliphatic hydroxyl groups excluding tert-OH is 2. The van der Waals surface area contributed by atoms with E-state index < -0.39 is 18.2 Å². The van der Waals surface area contributed by atoms with E-state index in [-0.39, 0.29) is 24.9 Å². The lowest BCUT2D eigenvalue weighted by atomic mass is 10.0. The van der Waals surface area contributed by atoms with E-state index in [4.69, 9.17) is 4.74 Å². The molecule has 3 atom stereocenters. The maximum atomic E-state index is 13.1. The lowest BCUT2D eigenvalue weighted by molar-refractivity contribution is -0.151. The van der Waals surface area contributed by atoms with Crippen LogP contribution in [-0.2, 0) is 14.3 Å². The van der Waals surface area contributed by atoms with Gasteiger partial charge in [0.15, 0.2) is 0 Å². The number of unbranched alkanes of at least 4 members (excludes halogenated alkanes) is 26. The Morgan fingerprint density at radius 3 is 1.41 bits per heavy atom. The van der Waals surface area contributed by atoms with Gasteiger partial charge in [-0.1, -0.05) is 186 Å². The van der Waals surface area contributed by atoms with Crippen LogP contribution < -0.4 is 5.32 Å². The van der Waals surface area contributed by atoms with Crippen LogP contribution in [0.3, 0.4) is 0 Å². The van der Waals surface area contributed by atoms with Crippen molar-refractivity contribution in [2.45, 2.75) is 264 Å². The SMILES string of the molecule is CCC/C=C\CCCCCC(CC(=O)NC(CO)C(O)CCCCCCCCCCCC)OC(=O)CCCCCCCCC/C=C/CCCCCCCC. The van der Waals surface area contributed by atoms with Gasteiger partial charge in [0, 0.05) is 6.42 Å². The highest BCUT2D eigenvalue weighted by atomic mass is 16.5. The van der Waals surface area contributed by atoms with E-state index in [9.17, 15) is 19.8 Å². The molecule has 1 amide bonds. The van der Waals surface area contributed by atoms with E-state index in [1.165, 1.54) is 122 Å². The molecule has 0 aromatic rings.